The van der Waals surface area contributed by atoms with Crippen LogP contribution in [0.1, 0.15) is 38.3 Å². The monoisotopic (exact) mass is 601 g/mol. The van der Waals surface area contributed by atoms with E-state index in [2.05, 4.69) is 43.4 Å². The number of pyridine rings is 1. The number of fused-ring (bicyclic) bond motifs is 1. The SMILES string of the molecule is CCCCN(C1CCN(CCNC(=O)Nc2cc(C)nc3ccccc23)CC1)S(=O)(=O)c1ccccc1Br. The van der Waals surface area contributed by atoms with E-state index < -0.39 is 10.0 Å². The Morgan fingerprint density at radius 1 is 1.13 bits per heavy atom. The van der Waals surface area contributed by atoms with E-state index >= 15 is 0 Å². The quantitative estimate of drug-likeness (QED) is 0.325. The van der Waals surface area contributed by atoms with E-state index in [1.165, 1.54) is 0 Å². The molecule has 0 spiro atoms. The third-order valence-electron chi connectivity index (χ3n) is 6.93. The van der Waals surface area contributed by atoms with Crippen LogP contribution in [0, 0.1) is 6.92 Å². The van der Waals surface area contributed by atoms with E-state index in [9.17, 15) is 13.2 Å². The molecule has 1 aliphatic rings. The molecule has 1 fully saturated rings. The molecule has 0 saturated carbocycles. The highest BCUT2D eigenvalue weighted by molar-refractivity contribution is 9.10. The van der Waals surface area contributed by atoms with Crippen molar-refractivity contribution in [1.29, 1.82) is 0 Å². The van der Waals surface area contributed by atoms with E-state index in [1.807, 2.05) is 43.3 Å². The summed E-state index contributed by atoms with van der Waals surface area (Å²) in [6.07, 6.45) is 3.29. The second-order valence-corrected chi connectivity index (χ2v) is 12.4. The van der Waals surface area contributed by atoms with Gasteiger partial charge >= 0.3 is 6.03 Å². The largest absolute Gasteiger partial charge is 0.337 e. The summed E-state index contributed by atoms with van der Waals surface area (Å²) in [5, 5.41) is 6.81. The number of piperidine rings is 1. The highest BCUT2D eigenvalue weighted by Gasteiger charge is 2.34. The van der Waals surface area contributed by atoms with E-state index in [-0.39, 0.29) is 12.1 Å². The molecule has 0 bridgehead atoms. The van der Waals surface area contributed by atoms with Gasteiger partial charge in [-0.2, -0.15) is 4.31 Å². The number of halogens is 1. The Morgan fingerprint density at radius 2 is 1.84 bits per heavy atom. The Kier molecular flexibility index (Phi) is 9.75. The van der Waals surface area contributed by atoms with Gasteiger partial charge in [0, 0.05) is 41.2 Å². The summed E-state index contributed by atoms with van der Waals surface area (Å²) in [6.45, 7) is 7.30. The fourth-order valence-electron chi connectivity index (χ4n) is 4.93. The molecule has 1 aromatic heterocycles. The number of benzene rings is 2. The molecule has 4 rings (SSSR count). The van der Waals surface area contributed by atoms with Crippen molar-refractivity contribution in [1.82, 2.24) is 19.5 Å². The summed E-state index contributed by atoms with van der Waals surface area (Å²) >= 11 is 3.42. The van der Waals surface area contributed by atoms with Gasteiger partial charge in [0.2, 0.25) is 10.0 Å². The van der Waals surface area contributed by atoms with Crippen LogP contribution in [-0.4, -0.2) is 67.4 Å². The number of rotatable bonds is 10. The predicted molar refractivity (Wildman–Crippen MR) is 156 cm³/mol. The third kappa shape index (κ3) is 6.91. The highest BCUT2D eigenvalue weighted by Crippen LogP contribution is 2.29. The Labute approximate surface area is 234 Å². The Balaban J connectivity index is 1.30. The van der Waals surface area contributed by atoms with Crippen LogP contribution in [0.2, 0.25) is 0 Å². The molecule has 0 radical (unpaired) electrons. The lowest BCUT2D eigenvalue weighted by Gasteiger charge is -2.38. The summed E-state index contributed by atoms with van der Waals surface area (Å²) in [5.41, 5.74) is 2.43. The minimum Gasteiger partial charge on any atom is -0.337 e. The molecule has 0 unspecified atom stereocenters. The normalized spacial score (nSPS) is 15.2. The van der Waals surface area contributed by atoms with Crippen LogP contribution in [0.25, 0.3) is 10.9 Å². The molecular weight excluding hydrogens is 566 g/mol. The molecule has 2 N–H and O–H groups in total. The molecule has 10 heteroatoms. The maximum atomic E-state index is 13.6. The molecule has 2 heterocycles. The first-order valence-corrected chi connectivity index (χ1v) is 15.4. The molecule has 2 amide bonds. The number of likely N-dealkylation sites (tertiary alicyclic amines) is 1. The van der Waals surface area contributed by atoms with Gasteiger partial charge in [0.1, 0.15) is 0 Å². The van der Waals surface area contributed by atoms with Crippen molar-refractivity contribution in [2.75, 3.05) is 38.0 Å². The summed E-state index contributed by atoms with van der Waals surface area (Å²) in [5.74, 6) is 0. The highest BCUT2D eigenvalue weighted by atomic mass is 79.9. The zero-order valence-electron chi connectivity index (χ0n) is 22.0. The molecule has 0 atom stereocenters. The molecule has 1 aliphatic heterocycles. The Hall–Kier alpha value is -2.53. The van der Waals surface area contributed by atoms with Crippen LogP contribution < -0.4 is 10.6 Å². The van der Waals surface area contributed by atoms with Crippen LogP contribution in [0.4, 0.5) is 10.5 Å². The summed E-state index contributed by atoms with van der Waals surface area (Å²) < 4.78 is 29.4. The molecule has 204 valence electrons. The molecule has 0 aliphatic carbocycles. The minimum atomic E-state index is -3.60. The smallest absolute Gasteiger partial charge is 0.319 e. The number of aromatic nitrogens is 1. The van der Waals surface area contributed by atoms with Crippen molar-refractivity contribution >= 4 is 48.6 Å². The molecule has 2 aromatic carbocycles. The number of urea groups is 1. The van der Waals surface area contributed by atoms with Gasteiger partial charge in [-0.3, -0.25) is 4.98 Å². The van der Waals surface area contributed by atoms with Gasteiger partial charge in [0.25, 0.3) is 0 Å². The number of nitrogens with one attached hydrogen (secondary N) is 2. The summed E-state index contributed by atoms with van der Waals surface area (Å²) in [4.78, 5) is 19.7. The minimum absolute atomic E-state index is 0.0330. The van der Waals surface area contributed by atoms with Crippen molar-refractivity contribution in [3.8, 4) is 0 Å². The molecule has 1 saturated heterocycles. The van der Waals surface area contributed by atoms with Crippen LogP contribution >= 0.6 is 15.9 Å². The molecule has 38 heavy (non-hydrogen) atoms. The van der Waals surface area contributed by atoms with Gasteiger partial charge < -0.3 is 15.5 Å². The maximum Gasteiger partial charge on any atom is 0.319 e. The molecule has 8 nitrogen and oxygen atoms in total. The van der Waals surface area contributed by atoms with Crippen molar-refractivity contribution in [2.45, 2.75) is 50.5 Å². The van der Waals surface area contributed by atoms with Gasteiger partial charge in [0.05, 0.1) is 16.1 Å². The van der Waals surface area contributed by atoms with Crippen molar-refractivity contribution < 1.29 is 13.2 Å². The number of nitrogens with zero attached hydrogens (tertiary/aromatic N) is 3. The lowest BCUT2D eigenvalue weighted by Crippen LogP contribution is -2.49. The fourth-order valence-corrected chi connectivity index (χ4v) is 7.62. The lowest BCUT2D eigenvalue weighted by molar-refractivity contribution is 0.159. The number of unbranched alkanes of at least 4 members (excludes halogenated alkanes) is 1. The first-order chi connectivity index (χ1) is 18.3. The maximum absolute atomic E-state index is 13.6. The van der Waals surface area contributed by atoms with Crippen molar-refractivity contribution in [3.63, 3.8) is 0 Å². The van der Waals surface area contributed by atoms with Gasteiger partial charge in [-0.15, -0.1) is 0 Å². The number of hydrogen-bond acceptors (Lipinski definition) is 5. The van der Waals surface area contributed by atoms with Crippen LogP contribution in [-0.2, 0) is 10.0 Å². The first kappa shape index (κ1) is 28.5. The van der Waals surface area contributed by atoms with Crippen molar-refractivity contribution in [2.24, 2.45) is 0 Å². The Bertz CT molecular complexity index is 1360. The summed E-state index contributed by atoms with van der Waals surface area (Å²) in [7, 11) is -3.60. The predicted octanol–water partition coefficient (Wildman–Crippen LogP) is 5.38. The van der Waals surface area contributed by atoms with Gasteiger partial charge in [-0.05, 0) is 79.5 Å². The molecular formula is C28H36BrN5O3S. The van der Waals surface area contributed by atoms with Gasteiger partial charge in [-0.1, -0.05) is 43.7 Å². The van der Waals surface area contributed by atoms with E-state index in [4.69, 9.17) is 0 Å². The van der Waals surface area contributed by atoms with Gasteiger partial charge in [0.15, 0.2) is 0 Å². The lowest BCUT2D eigenvalue weighted by atomic mass is 10.0. The number of aryl methyl sites for hydroxylation is 1. The van der Waals surface area contributed by atoms with E-state index in [0.717, 1.165) is 61.1 Å². The fraction of sp³-hybridized carbons (Fsp3) is 0.429. The zero-order chi connectivity index (χ0) is 27.1. The standard InChI is InChI=1S/C28H36BrN5O3S/c1-3-4-16-34(38(36,37)27-12-8-6-10-24(27)29)22-13-17-33(18-14-22)19-15-30-28(35)32-26-20-21(2)31-25-11-7-5-9-23(25)26/h5-12,20,22H,3-4,13-19H2,1-2H3,(H2,30,31,32,35). The Morgan fingerprint density at radius 3 is 2.58 bits per heavy atom. The first-order valence-electron chi connectivity index (χ1n) is 13.2. The zero-order valence-corrected chi connectivity index (χ0v) is 24.4. The van der Waals surface area contributed by atoms with E-state index in [1.54, 1.807) is 22.5 Å². The van der Waals surface area contributed by atoms with Gasteiger partial charge in [-0.25, -0.2) is 13.2 Å². The van der Waals surface area contributed by atoms with Crippen LogP contribution in [0.5, 0.6) is 0 Å². The summed E-state index contributed by atoms with van der Waals surface area (Å²) in [6, 6.07) is 16.4. The number of para-hydroxylation sites is 1. The number of anilines is 1. The number of hydrogen-bond donors (Lipinski definition) is 2. The van der Waals surface area contributed by atoms with Crippen LogP contribution in [0.3, 0.4) is 0 Å². The number of amides is 2. The molecule has 3 aromatic rings. The van der Waals surface area contributed by atoms with E-state index in [0.29, 0.717) is 29.0 Å². The average Bonchev–Trinajstić information content (AvgIpc) is 2.89. The average molecular weight is 603 g/mol. The topological polar surface area (TPSA) is 94.6 Å². The number of carbonyl (C=O) groups is 1. The number of carbonyl (C=O) groups excluding carboxylic acids is 1. The van der Waals surface area contributed by atoms with Crippen molar-refractivity contribution in [3.05, 3.63) is 64.8 Å². The second kappa shape index (κ2) is 13.0. The number of sulfonamides is 1. The second-order valence-electron chi connectivity index (χ2n) is 9.68. The third-order valence-corrected chi connectivity index (χ3v) is 9.89. The van der Waals surface area contributed by atoms with Crippen LogP contribution in [0.15, 0.2) is 64.0 Å².